The Kier molecular flexibility index (Phi) is 4.59. The zero-order valence-electron chi connectivity index (χ0n) is 11.6. The number of likely N-dealkylation sites (tertiary alicyclic amines) is 1. The molecular weight excluding hydrogens is 228 g/mol. The fraction of sp³-hybridized carbons (Fsp3) is 0.923. The van der Waals surface area contributed by atoms with Gasteiger partial charge in [-0.2, -0.15) is 0 Å². The molecule has 0 bridgehead atoms. The minimum Gasteiger partial charge on any atom is -0.339 e. The number of piperazine rings is 1. The number of amides is 1. The first-order valence-electron chi connectivity index (χ1n) is 7.00. The molecule has 0 aromatic heterocycles. The van der Waals surface area contributed by atoms with E-state index >= 15 is 0 Å². The van der Waals surface area contributed by atoms with Crippen molar-refractivity contribution in [3.63, 3.8) is 0 Å². The van der Waals surface area contributed by atoms with E-state index in [1.807, 2.05) is 4.90 Å². The zero-order chi connectivity index (χ0) is 13.1. The highest BCUT2D eigenvalue weighted by atomic mass is 16.2. The molecule has 0 radical (unpaired) electrons. The van der Waals surface area contributed by atoms with Crippen molar-refractivity contribution in [3.05, 3.63) is 0 Å². The fourth-order valence-electron chi connectivity index (χ4n) is 2.78. The lowest BCUT2D eigenvalue weighted by molar-refractivity contribution is -0.133. The van der Waals surface area contributed by atoms with Gasteiger partial charge in [0.1, 0.15) is 0 Å². The van der Waals surface area contributed by atoms with Crippen molar-refractivity contribution < 1.29 is 4.79 Å². The van der Waals surface area contributed by atoms with E-state index in [-0.39, 0.29) is 11.9 Å². The van der Waals surface area contributed by atoms with Gasteiger partial charge in [-0.05, 0) is 32.9 Å². The first-order valence-corrected chi connectivity index (χ1v) is 7.00. The Balaban J connectivity index is 1.75. The molecule has 5 nitrogen and oxygen atoms in total. The third-order valence-corrected chi connectivity index (χ3v) is 4.27. The first-order chi connectivity index (χ1) is 8.56. The van der Waals surface area contributed by atoms with E-state index < -0.39 is 0 Å². The van der Waals surface area contributed by atoms with Crippen LogP contribution in [-0.2, 0) is 4.79 Å². The summed E-state index contributed by atoms with van der Waals surface area (Å²) in [5, 5.41) is 0. The number of rotatable bonds is 3. The van der Waals surface area contributed by atoms with E-state index in [1.165, 1.54) is 0 Å². The normalized spacial score (nSPS) is 28.6. The van der Waals surface area contributed by atoms with Crippen molar-refractivity contribution in [2.45, 2.75) is 19.4 Å². The maximum absolute atomic E-state index is 12.2. The Morgan fingerprint density at radius 2 is 1.94 bits per heavy atom. The highest BCUT2D eigenvalue weighted by Crippen LogP contribution is 2.18. The smallest absolute Gasteiger partial charge is 0.236 e. The summed E-state index contributed by atoms with van der Waals surface area (Å²) < 4.78 is 0. The molecular formula is C13H26N4O. The van der Waals surface area contributed by atoms with Crippen LogP contribution < -0.4 is 5.73 Å². The maximum atomic E-state index is 12.2. The molecule has 0 aromatic carbocycles. The number of nitrogens with zero attached hydrogens (tertiary/aromatic N) is 3. The van der Waals surface area contributed by atoms with Crippen LogP contribution in [0.5, 0.6) is 0 Å². The Morgan fingerprint density at radius 3 is 2.50 bits per heavy atom. The van der Waals surface area contributed by atoms with E-state index in [9.17, 15) is 4.79 Å². The summed E-state index contributed by atoms with van der Waals surface area (Å²) in [5.74, 6) is 0.846. The van der Waals surface area contributed by atoms with Crippen LogP contribution in [0.15, 0.2) is 0 Å². The lowest BCUT2D eigenvalue weighted by Crippen LogP contribution is -2.50. The monoisotopic (exact) mass is 254 g/mol. The molecule has 2 aliphatic rings. The highest BCUT2D eigenvalue weighted by molar-refractivity contribution is 5.78. The van der Waals surface area contributed by atoms with Gasteiger partial charge in [-0.3, -0.25) is 9.69 Å². The van der Waals surface area contributed by atoms with Gasteiger partial charge in [-0.1, -0.05) is 0 Å². The summed E-state index contributed by atoms with van der Waals surface area (Å²) in [7, 11) is 2.11. The molecule has 2 N–H and O–H groups in total. The van der Waals surface area contributed by atoms with Crippen LogP contribution in [0.2, 0.25) is 0 Å². The van der Waals surface area contributed by atoms with Gasteiger partial charge in [-0.25, -0.2) is 0 Å². The molecule has 5 heteroatoms. The molecule has 0 aliphatic carbocycles. The largest absolute Gasteiger partial charge is 0.339 e. The summed E-state index contributed by atoms with van der Waals surface area (Å²) in [6.45, 7) is 8.38. The summed E-state index contributed by atoms with van der Waals surface area (Å²) in [6.07, 6.45) is 1.13. The highest BCUT2D eigenvalue weighted by Gasteiger charge is 2.28. The predicted molar refractivity (Wildman–Crippen MR) is 72.3 cm³/mol. The van der Waals surface area contributed by atoms with Crippen LogP contribution in [0.3, 0.4) is 0 Å². The van der Waals surface area contributed by atoms with Gasteiger partial charge in [-0.15, -0.1) is 0 Å². The summed E-state index contributed by atoms with van der Waals surface area (Å²) in [4.78, 5) is 18.7. The second-order valence-electron chi connectivity index (χ2n) is 5.83. The number of hydrogen-bond acceptors (Lipinski definition) is 4. The molecule has 2 rings (SSSR count). The minimum absolute atomic E-state index is 0.244. The number of hydrogen-bond donors (Lipinski definition) is 1. The van der Waals surface area contributed by atoms with Crippen LogP contribution in [-0.4, -0.2) is 79.5 Å². The Labute approximate surface area is 110 Å². The topological polar surface area (TPSA) is 52.8 Å². The molecule has 0 spiro atoms. The van der Waals surface area contributed by atoms with E-state index in [1.54, 1.807) is 0 Å². The molecule has 2 unspecified atom stereocenters. The van der Waals surface area contributed by atoms with Crippen molar-refractivity contribution in [1.82, 2.24) is 14.7 Å². The van der Waals surface area contributed by atoms with Gasteiger partial charge in [0, 0.05) is 38.8 Å². The van der Waals surface area contributed by atoms with Crippen LogP contribution in [0.4, 0.5) is 0 Å². The SMILES string of the molecule is CC(N)C1CCN(CC(=O)N2CCN(C)CC2)C1. The summed E-state index contributed by atoms with van der Waals surface area (Å²) in [6, 6.07) is 0.244. The van der Waals surface area contributed by atoms with Crippen LogP contribution in [0.1, 0.15) is 13.3 Å². The number of likely N-dealkylation sites (N-methyl/N-ethyl adjacent to an activating group) is 1. The average molecular weight is 254 g/mol. The number of nitrogens with two attached hydrogens (primary N) is 1. The molecule has 104 valence electrons. The number of carbonyl (C=O) groups excluding carboxylic acids is 1. The lowest BCUT2D eigenvalue weighted by atomic mass is 10.0. The zero-order valence-corrected chi connectivity index (χ0v) is 11.6. The van der Waals surface area contributed by atoms with E-state index in [0.717, 1.165) is 45.7 Å². The van der Waals surface area contributed by atoms with Crippen molar-refractivity contribution >= 4 is 5.91 Å². The van der Waals surface area contributed by atoms with Crippen LogP contribution in [0.25, 0.3) is 0 Å². The van der Waals surface area contributed by atoms with Crippen molar-refractivity contribution in [3.8, 4) is 0 Å². The average Bonchev–Trinajstić information content (AvgIpc) is 2.78. The van der Waals surface area contributed by atoms with E-state index in [2.05, 4.69) is 23.8 Å². The van der Waals surface area contributed by atoms with Crippen LogP contribution >= 0.6 is 0 Å². The Morgan fingerprint density at radius 1 is 1.28 bits per heavy atom. The lowest BCUT2D eigenvalue weighted by Gasteiger charge is -2.33. The maximum Gasteiger partial charge on any atom is 0.236 e. The molecule has 0 aromatic rings. The second kappa shape index (κ2) is 5.99. The van der Waals surface area contributed by atoms with Gasteiger partial charge >= 0.3 is 0 Å². The Bertz CT molecular complexity index is 287. The van der Waals surface area contributed by atoms with Gasteiger partial charge in [0.05, 0.1) is 6.54 Å². The second-order valence-corrected chi connectivity index (χ2v) is 5.83. The van der Waals surface area contributed by atoms with Gasteiger partial charge in [0.2, 0.25) is 5.91 Å². The third kappa shape index (κ3) is 3.43. The first kappa shape index (κ1) is 13.8. The fourth-order valence-corrected chi connectivity index (χ4v) is 2.78. The molecule has 2 aliphatic heterocycles. The van der Waals surface area contributed by atoms with Crippen LogP contribution in [0, 0.1) is 5.92 Å². The van der Waals surface area contributed by atoms with E-state index in [4.69, 9.17) is 5.73 Å². The van der Waals surface area contributed by atoms with Gasteiger partial charge < -0.3 is 15.5 Å². The van der Waals surface area contributed by atoms with Gasteiger partial charge in [0.15, 0.2) is 0 Å². The van der Waals surface area contributed by atoms with Crippen molar-refractivity contribution in [1.29, 1.82) is 0 Å². The quantitative estimate of drug-likeness (QED) is 0.733. The molecule has 2 saturated heterocycles. The van der Waals surface area contributed by atoms with Gasteiger partial charge in [0.25, 0.3) is 0 Å². The minimum atomic E-state index is 0.244. The molecule has 18 heavy (non-hydrogen) atoms. The van der Waals surface area contributed by atoms with Crippen molar-refractivity contribution in [2.24, 2.45) is 11.7 Å². The molecule has 0 saturated carbocycles. The standard InChI is InChI=1S/C13H26N4O/c1-11(14)12-3-4-16(9-12)10-13(18)17-7-5-15(2)6-8-17/h11-12H,3-10,14H2,1-2H3. The molecule has 2 heterocycles. The molecule has 2 atom stereocenters. The number of carbonyl (C=O) groups is 1. The molecule has 2 fully saturated rings. The third-order valence-electron chi connectivity index (χ3n) is 4.27. The molecule has 1 amide bonds. The summed E-state index contributed by atoms with van der Waals surface area (Å²) in [5.41, 5.74) is 5.92. The van der Waals surface area contributed by atoms with E-state index in [0.29, 0.717) is 12.5 Å². The summed E-state index contributed by atoms with van der Waals surface area (Å²) >= 11 is 0. The van der Waals surface area contributed by atoms with Crippen molar-refractivity contribution in [2.75, 3.05) is 52.9 Å². The Hall–Kier alpha value is -0.650. The predicted octanol–water partition coefficient (Wildman–Crippen LogP) is -0.570.